The van der Waals surface area contributed by atoms with E-state index in [0.717, 1.165) is 15.9 Å². The highest BCUT2D eigenvalue weighted by atomic mass is 32.2. The first-order valence-corrected chi connectivity index (χ1v) is 11.6. The molecule has 9 heteroatoms. The van der Waals surface area contributed by atoms with E-state index in [0.29, 0.717) is 11.5 Å². The number of amides is 1. The van der Waals surface area contributed by atoms with Crippen molar-refractivity contribution in [2.24, 2.45) is 0 Å². The lowest BCUT2D eigenvalue weighted by atomic mass is 10.2. The van der Waals surface area contributed by atoms with E-state index >= 15 is 0 Å². The standard InChI is InChI=1S/C24H25FN2O5S/c1-18-10-12-21(13-11-18)33(29,30)27(23-9-4-3-8-22(23)25)17-24(28)26-14-15-32-20-7-5-6-19(16-20)31-2/h3-13,16H,14-15,17H2,1-2H3,(H,26,28). The molecule has 0 unspecified atom stereocenters. The average Bonchev–Trinajstić information content (AvgIpc) is 2.81. The van der Waals surface area contributed by atoms with Crippen molar-refractivity contribution in [1.82, 2.24) is 5.32 Å². The summed E-state index contributed by atoms with van der Waals surface area (Å²) in [6, 6.07) is 18.6. The van der Waals surface area contributed by atoms with Crippen LogP contribution in [0.5, 0.6) is 11.5 Å². The number of para-hydroxylation sites is 1. The first-order chi connectivity index (χ1) is 15.8. The fourth-order valence-electron chi connectivity index (χ4n) is 3.03. The number of ether oxygens (including phenoxy) is 2. The SMILES string of the molecule is COc1cccc(OCCNC(=O)CN(c2ccccc2F)S(=O)(=O)c2ccc(C)cc2)c1. The van der Waals surface area contributed by atoms with Gasteiger partial charge in [-0.2, -0.15) is 0 Å². The van der Waals surface area contributed by atoms with Crippen molar-refractivity contribution >= 4 is 21.6 Å². The van der Waals surface area contributed by atoms with E-state index in [4.69, 9.17) is 9.47 Å². The molecule has 0 aliphatic carbocycles. The summed E-state index contributed by atoms with van der Waals surface area (Å²) >= 11 is 0. The van der Waals surface area contributed by atoms with Crippen molar-refractivity contribution in [2.45, 2.75) is 11.8 Å². The molecule has 0 radical (unpaired) electrons. The summed E-state index contributed by atoms with van der Waals surface area (Å²) in [5.41, 5.74) is 0.668. The van der Waals surface area contributed by atoms with Crippen LogP contribution in [0.3, 0.4) is 0 Å². The molecule has 0 aliphatic heterocycles. The van der Waals surface area contributed by atoms with E-state index in [1.165, 1.54) is 30.3 Å². The molecule has 3 aromatic rings. The van der Waals surface area contributed by atoms with Gasteiger partial charge in [0.15, 0.2) is 0 Å². The van der Waals surface area contributed by atoms with Gasteiger partial charge in [0.25, 0.3) is 10.0 Å². The number of halogens is 1. The van der Waals surface area contributed by atoms with Gasteiger partial charge in [-0.1, -0.05) is 35.9 Å². The normalized spacial score (nSPS) is 11.0. The minimum absolute atomic E-state index is 0.0366. The highest BCUT2D eigenvalue weighted by molar-refractivity contribution is 7.92. The van der Waals surface area contributed by atoms with Gasteiger partial charge in [0.1, 0.15) is 30.5 Å². The maximum Gasteiger partial charge on any atom is 0.264 e. The Balaban J connectivity index is 1.70. The predicted octanol–water partition coefficient (Wildman–Crippen LogP) is 3.53. The number of aryl methyl sites for hydroxylation is 1. The van der Waals surface area contributed by atoms with E-state index in [2.05, 4.69) is 5.32 Å². The van der Waals surface area contributed by atoms with Crippen LogP contribution < -0.4 is 19.1 Å². The number of hydrogen-bond donors (Lipinski definition) is 1. The second-order valence-electron chi connectivity index (χ2n) is 7.15. The van der Waals surface area contributed by atoms with Gasteiger partial charge in [-0.3, -0.25) is 9.10 Å². The van der Waals surface area contributed by atoms with Gasteiger partial charge in [0.2, 0.25) is 5.91 Å². The summed E-state index contributed by atoms with van der Waals surface area (Å²) in [5, 5.41) is 2.61. The highest BCUT2D eigenvalue weighted by Gasteiger charge is 2.29. The number of methoxy groups -OCH3 is 1. The quantitative estimate of drug-likeness (QED) is 0.457. The molecule has 0 aromatic heterocycles. The van der Waals surface area contributed by atoms with Crippen LogP contribution in [0.1, 0.15) is 5.56 Å². The van der Waals surface area contributed by atoms with E-state index in [-0.39, 0.29) is 23.7 Å². The number of carbonyl (C=O) groups is 1. The topological polar surface area (TPSA) is 84.9 Å². The second-order valence-corrected chi connectivity index (χ2v) is 9.02. The minimum Gasteiger partial charge on any atom is -0.497 e. The zero-order chi connectivity index (χ0) is 23.8. The Hall–Kier alpha value is -3.59. The van der Waals surface area contributed by atoms with Crippen LogP contribution in [-0.4, -0.2) is 41.1 Å². The molecule has 0 spiro atoms. The van der Waals surface area contributed by atoms with Gasteiger partial charge in [0.05, 0.1) is 24.2 Å². The van der Waals surface area contributed by atoms with Gasteiger partial charge in [-0.15, -0.1) is 0 Å². The van der Waals surface area contributed by atoms with Crippen LogP contribution in [-0.2, 0) is 14.8 Å². The van der Waals surface area contributed by atoms with Crippen molar-refractivity contribution in [3.05, 3.63) is 84.2 Å². The summed E-state index contributed by atoms with van der Waals surface area (Å²) in [6.07, 6.45) is 0. The first kappa shape index (κ1) is 24.1. The van der Waals surface area contributed by atoms with Gasteiger partial charge in [0, 0.05) is 6.07 Å². The molecule has 3 rings (SSSR count). The molecular formula is C24H25FN2O5S. The molecule has 33 heavy (non-hydrogen) atoms. The van der Waals surface area contributed by atoms with Gasteiger partial charge in [-0.05, 0) is 43.3 Å². The minimum atomic E-state index is -4.18. The average molecular weight is 473 g/mol. The number of nitrogens with one attached hydrogen (secondary N) is 1. The largest absolute Gasteiger partial charge is 0.497 e. The van der Waals surface area contributed by atoms with Gasteiger partial charge < -0.3 is 14.8 Å². The molecule has 174 valence electrons. The maximum atomic E-state index is 14.5. The van der Waals surface area contributed by atoms with Crippen LogP contribution in [0.2, 0.25) is 0 Å². The van der Waals surface area contributed by atoms with Crippen molar-refractivity contribution in [1.29, 1.82) is 0 Å². The third kappa shape index (κ3) is 6.23. The van der Waals surface area contributed by atoms with Crippen molar-refractivity contribution in [2.75, 3.05) is 31.1 Å². The van der Waals surface area contributed by atoms with E-state index in [9.17, 15) is 17.6 Å². The third-order valence-corrected chi connectivity index (χ3v) is 6.53. The molecule has 0 saturated carbocycles. The Morgan fingerprint density at radius 1 is 1.00 bits per heavy atom. The molecule has 0 saturated heterocycles. The molecular weight excluding hydrogens is 447 g/mol. The number of sulfonamides is 1. The van der Waals surface area contributed by atoms with Gasteiger partial charge >= 0.3 is 0 Å². The van der Waals surface area contributed by atoms with Crippen molar-refractivity contribution < 1.29 is 27.1 Å². The van der Waals surface area contributed by atoms with E-state index in [1.54, 1.807) is 43.5 Å². The fourth-order valence-corrected chi connectivity index (χ4v) is 4.46. The molecule has 1 N–H and O–H groups in total. The smallest absolute Gasteiger partial charge is 0.264 e. The number of nitrogens with zero attached hydrogens (tertiary/aromatic N) is 1. The Labute approximate surface area is 192 Å². The Bertz CT molecular complexity index is 1200. The number of benzene rings is 3. The van der Waals surface area contributed by atoms with E-state index in [1.807, 2.05) is 6.92 Å². The van der Waals surface area contributed by atoms with Crippen molar-refractivity contribution in [3.8, 4) is 11.5 Å². The summed E-state index contributed by atoms with van der Waals surface area (Å²) in [5.74, 6) is -0.137. The zero-order valence-electron chi connectivity index (χ0n) is 18.3. The summed E-state index contributed by atoms with van der Waals surface area (Å²) in [7, 11) is -2.64. The second kappa shape index (κ2) is 10.8. The Morgan fingerprint density at radius 3 is 2.39 bits per heavy atom. The Kier molecular flexibility index (Phi) is 7.89. The van der Waals surface area contributed by atoms with Crippen molar-refractivity contribution in [3.63, 3.8) is 0 Å². The molecule has 0 aliphatic rings. The lowest BCUT2D eigenvalue weighted by Gasteiger charge is -2.24. The van der Waals surface area contributed by atoms with Crippen LogP contribution in [0, 0.1) is 12.7 Å². The summed E-state index contributed by atoms with van der Waals surface area (Å²) in [6.45, 7) is 1.53. The number of anilines is 1. The molecule has 3 aromatic carbocycles. The molecule has 7 nitrogen and oxygen atoms in total. The first-order valence-electron chi connectivity index (χ1n) is 10.2. The molecule has 1 amide bonds. The zero-order valence-corrected chi connectivity index (χ0v) is 19.1. The van der Waals surface area contributed by atoms with Gasteiger partial charge in [-0.25, -0.2) is 12.8 Å². The lowest BCUT2D eigenvalue weighted by molar-refractivity contribution is -0.119. The molecule has 0 heterocycles. The third-order valence-electron chi connectivity index (χ3n) is 4.75. The van der Waals surface area contributed by atoms with Crippen LogP contribution in [0.15, 0.2) is 77.7 Å². The maximum absolute atomic E-state index is 14.5. The molecule has 0 fully saturated rings. The fraction of sp³-hybridized carbons (Fsp3) is 0.208. The monoisotopic (exact) mass is 472 g/mol. The van der Waals surface area contributed by atoms with E-state index < -0.39 is 28.3 Å². The number of rotatable bonds is 10. The number of carbonyl (C=O) groups excluding carboxylic acids is 1. The van der Waals surface area contributed by atoms with Crippen LogP contribution in [0.25, 0.3) is 0 Å². The van der Waals surface area contributed by atoms with Crippen LogP contribution >= 0.6 is 0 Å². The molecule has 0 atom stereocenters. The predicted molar refractivity (Wildman–Crippen MR) is 124 cm³/mol. The highest BCUT2D eigenvalue weighted by Crippen LogP contribution is 2.26. The number of hydrogen-bond acceptors (Lipinski definition) is 5. The summed E-state index contributed by atoms with van der Waals surface area (Å²) in [4.78, 5) is 12.5. The Morgan fingerprint density at radius 2 is 1.70 bits per heavy atom. The summed E-state index contributed by atoms with van der Waals surface area (Å²) < 4.78 is 52.5. The lowest BCUT2D eigenvalue weighted by Crippen LogP contribution is -2.42. The van der Waals surface area contributed by atoms with Crippen LogP contribution in [0.4, 0.5) is 10.1 Å². The molecule has 0 bridgehead atoms.